The van der Waals surface area contributed by atoms with Gasteiger partial charge in [-0.2, -0.15) is 0 Å². The normalized spacial score (nSPS) is 11.8. The molecule has 0 aliphatic heterocycles. The molecule has 0 fully saturated rings. The van der Waals surface area contributed by atoms with Crippen LogP contribution in [-0.4, -0.2) is 0 Å². The number of furan rings is 1. The first-order chi connectivity index (χ1) is 23.3. The molecule has 0 N–H and O–H groups in total. The summed E-state index contributed by atoms with van der Waals surface area (Å²) in [7, 11) is 0. The van der Waals surface area contributed by atoms with Crippen molar-refractivity contribution in [2.75, 3.05) is 4.90 Å². The van der Waals surface area contributed by atoms with Crippen LogP contribution in [0, 0.1) is 0 Å². The lowest BCUT2D eigenvalue weighted by Gasteiger charge is -2.29. The van der Waals surface area contributed by atoms with E-state index in [1.54, 1.807) is 0 Å². The average molecular weight is 618 g/mol. The number of anilines is 3. The van der Waals surface area contributed by atoms with Gasteiger partial charge in [0.05, 0.1) is 27.1 Å². The van der Waals surface area contributed by atoms with Crippen LogP contribution < -0.4 is 4.90 Å². The van der Waals surface area contributed by atoms with Crippen molar-refractivity contribution in [2.45, 2.75) is 0 Å². The standard InChI is InChI=1S/C44H27NOS/c1-2-12-28(13-3-1)32-26-27-37(42-35-18-6-8-22-39(35)46-43(32)42)45(38-21-11-19-34-33-17-7-9-23-40(33)47-44(34)38)36-20-10-15-30-25-24-29-14-4-5-16-31(29)41(30)36/h1-27H. The van der Waals surface area contributed by atoms with Crippen LogP contribution in [0.5, 0.6) is 0 Å². The monoisotopic (exact) mass is 617 g/mol. The van der Waals surface area contributed by atoms with Crippen molar-refractivity contribution in [2.24, 2.45) is 0 Å². The fourth-order valence-electron chi connectivity index (χ4n) is 7.37. The second-order valence-corrected chi connectivity index (χ2v) is 13.1. The minimum Gasteiger partial charge on any atom is -0.455 e. The average Bonchev–Trinajstić information content (AvgIpc) is 3.72. The minimum atomic E-state index is 0.885. The first kappa shape index (κ1) is 26.3. The summed E-state index contributed by atoms with van der Waals surface area (Å²) in [6, 6.07) is 58.9. The first-order valence-corrected chi connectivity index (χ1v) is 16.8. The minimum absolute atomic E-state index is 0.885. The molecule has 47 heavy (non-hydrogen) atoms. The highest BCUT2D eigenvalue weighted by atomic mass is 32.1. The first-order valence-electron chi connectivity index (χ1n) is 15.9. The molecular formula is C44H27NOS. The highest BCUT2D eigenvalue weighted by Gasteiger charge is 2.25. The van der Waals surface area contributed by atoms with Gasteiger partial charge in [0.25, 0.3) is 0 Å². The van der Waals surface area contributed by atoms with Crippen LogP contribution in [0.4, 0.5) is 17.1 Å². The number of rotatable bonds is 4. The van der Waals surface area contributed by atoms with Gasteiger partial charge in [-0.3, -0.25) is 0 Å². The highest BCUT2D eigenvalue weighted by Crippen LogP contribution is 2.51. The fraction of sp³-hybridized carbons (Fsp3) is 0. The van der Waals surface area contributed by atoms with Crippen LogP contribution in [0.25, 0.3) is 74.8 Å². The van der Waals surface area contributed by atoms with E-state index < -0.39 is 0 Å². The number of thiophene rings is 1. The fourth-order valence-corrected chi connectivity index (χ4v) is 8.57. The summed E-state index contributed by atoms with van der Waals surface area (Å²) in [5.41, 5.74) is 7.40. The van der Waals surface area contributed by atoms with Crippen molar-refractivity contribution in [3.63, 3.8) is 0 Å². The molecule has 0 atom stereocenters. The van der Waals surface area contributed by atoms with Gasteiger partial charge in [-0.15, -0.1) is 11.3 Å². The van der Waals surface area contributed by atoms with E-state index in [0.29, 0.717) is 0 Å². The van der Waals surface area contributed by atoms with Crippen molar-refractivity contribution in [3.8, 4) is 11.1 Å². The van der Waals surface area contributed by atoms with Crippen molar-refractivity contribution in [1.29, 1.82) is 0 Å². The molecule has 10 aromatic rings. The van der Waals surface area contributed by atoms with E-state index in [9.17, 15) is 0 Å². The topological polar surface area (TPSA) is 16.4 Å². The van der Waals surface area contributed by atoms with E-state index >= 15 is 0 Å². The molecule has 2 aromatic heterocycles. The summed E-state index contributed by atoms with van der Waals surface area (Å²) in [5.74, 6) is 0. The van der Waals surface area contributed by atoms with Gasteiger partial charge in [0.2, 0.25) is 0 Å². The maximum Gasteiger partial charge on any atom is 0.145 e. The number of para-hydroxylation sites is 1. The predicted octanol–water partition coefficient (Wildman–Crippen LogP) is 13.4. The highest BCUT2D eigenvalue weighted by molar-refractivity contribution is 7.26. The quantitative estimate of drug-likeness (QED) is 0.183. The number of benzene rings is 8. The molecule has 0 saturated heterocycles. The van der Waals surface area contributed by atoms with E-state index in [4.69, 9.17) is 4.42 Å². The zero-order valence-corrected chi connectivity index (χ0v) is 26.2. The molecular weight excluding hydrogens is 591 g/mol. The maximum absolute atomic E-state index is 6.77. The van der Waals surface area contributed by atoms with Crippen LogP contribution in [0.3, 0.4) is 0 Å². The summed E-state index contributed by atoms with van der Waals surface area (Å²) < 4.78 is 9.32. The molecule has 0 aliphatic carbocycles. The molecule has 0 bridgehead atoms. The molecule has 3 heteroatoms. The Morgan fingerprint density at radius 1 is 0.426 bits per heavy atom. The molecule has 220 valence electrons. The van der Waals surface area contributed by atoms with Crippen LogP contribution in [-0.2, 0) is 0 Å². The van der Waals surface area contributed by atoms with Gasteiger partial charge in [-0.05, 0) is 58.1 Å². The third kappa shape index (κ3) is 3.97. The Morgan fingerprint density at radius 3 is 2.00 bits per heavy atom. The summed E-state index contributed by atoms with van der Waals surface area (Å²) in [6.45, 7) is 0. The van der Waals surface area contributed by atoms with Crippen molar-refractivity contribution in [3.05, 3.63) is 164 Å². The van der Waals surface area contributed by atoms with Crippen molar-refractivity contribution in [1.82, 2.24) is 0 Å². The maximum atomic E-state index is 6.77. The number of hydrogen-bond donors (Lipinski definition) is 0. The lowest BCUT2D eigenvalue weighted by atomic mass is 9.97. The van der Waals surface area contributed by atoms with E-state index in [2.05, 4.69) is 169 Å². The molecule has 0 radical (unpaired) electrons. The SMILES string of the molecule is c1ccc(-c2ccc(N(c3cccc4c3sc3ccccc34)c3cccc4ccc5ccccc5c34)c3c2oc2ccccc23)cc1. The van der Waals surface area contributed by atoms with Gasteiger partial charge >= 0.3 is 0 Å². The Bertz CT molecular complexity index is 2810. The van der Waals surface area contributed by atoms with Gasteiger partial charge in [0, 0.05) is 31.8 Å². The second kappa shape index (κ2) is 10.3. The zero-order valence-electron chi connectivity index (χ0n) is 25.4. The Labute approximate surface area is 275 Å². The van der Waals surface area contributed by atoms with Gasteiger partial charge in [-0.1, -0.05) is 127 Å². The number of hydrogen-bond acceptors (Lipinski definition) is 3. The Kier molecular flexibility index (Phi) is 5.78. The number of nitrogens with zero attached hydrogens (tertiary/aromatic N) is 1. The molecule has 0 amide bonds. The Hall–Kier alpha value is -5.90. The van der Waals surface area contributed by atoms with Gasteiger partial charge < -0.3 is 9.32 Å². The molecule has 0 aliphatic rings. The van der Waals surface area contributed by atoms with Crippen LogP contribution in [0.15, 0.2) is 168 Å². The third-order valence-electron chi connectivity index (χ3n) is 9.44. The van der Waals surface area contributed by atoms with Crippen LogP contribution >= 0.6 is 11.3 Å². The van der Waals surface area contributed by atoms with E-state index in [0.717, 1.165) is 50.1 Å². The second-order valence-electron chi connectivity index (χ2n) is 12.1. The predicted molar refractivity (Wildman–Crippen MR) is 202 cm³/mol. The number of fused-ring (bicyclic) bond motifs is 9. The molecule has 8 aromatic carbocycles. The van der Waals surface area contributed by atoms with Gasteiger partial charge in [0.15, 0.2) is 0 Å². The summed E-state index contributed by atoms with van der Waals surface area (Å²) in [5, 5.41) is 9.68. The molecule has 0 spiro atoms. The van der Waals surface area contributed by atoms with Crippen LogP contribution in [0.2, 0.25) is 0 Å². The van der Waals surface area contributed by atoms with Gasteiger partial charge in [0.1, 0.15) is 11.2 Å². The smallest absolute Gasteiger partial charge is 0.145 e. The lowest BCUT2D eigenvalue weighted by Crippen LogP contribution is -2.11. The molecule has 0 unspecified atom stereocenters. The lowest BCUT2D eigenvalue weighted by molar-refractivity contribution is 0.670. The van der Waals surface area contributed by atoms with E-state index in [1.807, 2.05) is 11.3 Å². The molecule has 2 nitrogen and oxygen atoms in total. The zero-order chi connectivity index (χ0) is 30.9. The third-order valence-corrected chi connectivity index (χ3v) is 10.7. The molecule has 10 rings (SSSR count). The molecule has 2 heterocycles. The van der Waals surface area contributed by atoms with E-state index in [1.165, 1.54) is 41.7 Å². The largest absolute Gasteiger partial charge is 0.455 e. The summed E-state index contributed by atoms with van der Waals surface area (Å²) >= 11 is 1.86. The Morgan fingerprint density at radius 2 is 1.09 bits per heavy atom. The van der Waals surface area contributed by atoms with Crippen LogP contribution in [0.1, 0.15) is 0 Å². The van der Waals surface area contributed by atoms with Crippen molar-refractivity contribution >= 4 is 92.1 Å². The van der Waals surface area contributed by atoms with Gasteiger partial charge in [-0.25, -0.2) is 0 Å². The van der Waals surface area contributed by atoms with E-state index in [-0.39, 0.29) is 0 Å². The summed E-state index contributed by atoms with van der Waals surface area (Å²) in [4.78, 5) is 2.49. The van der Waals surface area contributed by atoms with Crippen molar-refractivity contribution < 1.29 is 4.42 Å². The molecule has 0 saturated carbocycles. The summed E-state index contributed by atoms with van der Waals surface area (Å²) in [6.07, 6.45) is 0. The Balaban J connectivity index is 1.38.